The van der Waals surface area contributed by atoms with Gasteiger partial charge in [-0.2, -0.15) is 9.97 Å². The maximum absolute atomic E-state index is 12.5. The highest BCUT2D eigenvalue weighted by Gasteiger charge is 2.40. The van der Waals surface area contributed by atoms with Crippen molar-refractivity contribution in [3.05, 3.63) is 6.33 Å². The van der Waals surface area contributed by atoms with E-state index in [0.29, 0.717) is 30.1 Å². The Hall–Kier alpha value is -2.31. The van der Waals surface area contributed by atoms with Crippen molar-refractivity contribution >= 4 is 30.8 Å². The summed E-state index contributed by atoms with van der Waals surface area (Å²) in [6, 6.07) is 0. The average molecular weight is 486 g/mol. The first kappa shape index (κ1) is 25.3. The van der Waals surface area contributed by atoms with Crippen LogP contribution in [0.4, 0.5) is 5.95 Å². The molecule has 14 heteroatoms. The molecule has 13 nitrogen and oxygen atoms in total. The summed E-state index contributed by atoms with van der Waals surface area (Å²) >= 11 is 0. The number of hydrogen-bond donors (Lipinski definition) is 3. The van der Waals surface area contributed by atoms with E-state index in [1.807, 2.05) is 13.8 Å². The van der Waals surface area contributed by atoms with Crippen molar-refractivity contribution in [2.45, 2.75) is 58.9 Å². The molecule has 3 rings (SSSR count). The van der Waals surface area contributed by atoms with Gasteiger partial charge in [-0.15, -0.1) is 0 Å². The molecule has 184 valence electrons. The SMILES string of the molecule is CCOC(=O)C(C)(C)NP(=O)(O)OC[C@@H]1C[C@H](C)[C@H](n2cnc3c(OCC)nc(N)nc32)O1. The molecular weight excluding hydrogens is 455 g/mol. The van der Waals surface area contributed by atoms with Gasteiger partial charge in [-0.1, -0.05) is 6.92 Å². The summed E-state index contributed by atoms with van der Waals surface area (Å²) in [5.74, 6) is -0.298. The number of hydrogen-bond acceptors (Lipinski definition) is 10. The number of imidazole rings is 1. The Morgan fingerprint density at radius 2 is 2.12 bits per heavy atom. The topological polar surface area (TPSA) is 173 Å². The minimum atomic E-state index is -4.31. The van der Waals surface area contributed by atoms with Crippen molar-refractivity contribution in [1.82, 2.24) is 24.6 Å². The molecule has 2 aromatic heterocycles. The molecule has 4 atom stereocenters. The van der Waals surface area contributed by atoms with Crippen LogP contribution in [0.5, 0.6) is 5.88 Å². The maximum Gasteiger partial charge on any atom is 0.403 e. The Labute approximate surface area is 191 Å². The van der Waals surface area contributed by atoms with Crippen molar-refractivity contribution in [3.8, 4) is 5.88 Å². The molecule has 0 saturated carbocycles. The molecule has 4 N–H and O–H groups in total. The summed E-state index contributed by atoms with van der Waals surface area (Å²) in [4.78, 5) is 34.9. The van der Waals surface area contributed by atoms with Crippen LogP contribution in [0.1, 0.15) is 47.3 Å². The van der Waals surface area contributed by atoms with Gasteiger partial charge in [0.15, 0.2) is 11.2 Å². The number of nitrogens with one attached hydrogen (secondary N) is 1. The Bertz CT molecular complexity index is 1050. The van der Waals surface area contributed by atoms with E-state index in [2.05, 4.69) is 20.0 Å². The van der Waals surface area contributed by atoms with Crippen LogP contribution in [0.25, 0.3) is 11.2 Å². The normalized spacial score (nSPS) is 22.9. The highest BCUT2D eigenvalue weighted by molar-refractivity contribution is 7.50. The van der Waals surface area contributed by atoms with Crippen LogP contribution in [-0.2, 0) is 23.4 Å². The van der Waals surface area contributed by atoms with Crippen LogP contribution in [-0.4, -0.2) is 61.8 Å². The zero-order valence-electron chi connectivity index (χ0n) is 19.3. The molecule has 2 aromatic rings. The highest BCUT2D eigenvalue weighted by Crippen LogP contribution is 2.43. The number of nitrogens with two attached hydrogens (primary N) is 1. The van der Waals surface area contributed by atoms with Gasteiger partial charge in [0, 0.05) is 5.92 Å². The number of anilines is 1. The third-order valence-corrected chi connectivity index (χ3v) is 6.40. The summed E-state index contributed by atoms with van der Waals surface area (Å²) in [5, 5.41) is 2.34. The first-order chi connectivity index (χ1) is 15.5. The van der Waals surface area contributed by atoms with Crippen molar-refractivity contribution in [2.24, 2.45) is 5.92 Å². The molecule has 1 fully saturated rings. The molecule has 0 amide bonds. The smallest absolute Gasteiger partial charge is 0.403 e. The first-order valence-corrected chi connectivity index (χ1v) is 12.3. The van der Waals surface area contributed by atoms with Gasteiger partial charge in [0.05, 0.1) is 32.3 Å². The van der Waals surface area contributed by atoms with Crippen molar-refractivity contribution in [3.63, 3.8) is 0 Å². The van der Waals surface area contributed by atoms with E-state index in [-0.39, 0.29) is 25.1 Å². The van der Waals surface area contributed by atoms with Gasteiger partial charge in [-0.25, -0.2) is 14.6 Å². The fourth-order valence-corrected chi connectivity index (χ4v) is 4.85. The van der Waals surface area contributed by atoms with Crippen molar-refractivity contribution in [2.75, 3.05) is 25.6 Å². The number of fused-ring (bicyclic) bond motifs is 1. The number of rotatable bonds is 10. The molecule has 1 aliphatic heterocycles. The number of nitrogen functional groups attached to an aromatic ring is 1. The molecule has 0 aliphatic carbocycles. The van der Waals surface area contributed by atoms with Gasteiger partial charge in [0.2, 0.25) is 11.8 Å². The third kappa shape index (κ3) is 5.79. The monoisotopic (exact) mass is 486 g/mol. The molecule has 1 aliphatic rings. The van der Waals surface area contributed by atoms with Crippen LogP contribution in [0, 0.1) is 5.92 Å². The lowest BCUT2D eigenvalue weighted by molar-refractivity contribution is -0.149. The number of carbonyl (C=O) groups is 1. The van der Waals surface area contributed by atoms with Gasteiger partial charge in [0.1, 0.15) is 11.8 Å². The quantitative estimate of drug-likeness (QED) is 0.329. The Balaban J connectivity index is 1.68. The summed E-state index contributed by atoms with van der Waals surface area (Å²) in [6.07, 6.45) is 1.21. The predicted octanol–water partition coefficient (Wildman–Crippen LogP) is 1.78. The fraction of sp³-hybridized carbons (Fsp3) is 0.684. The lowest BCUT2D eigenvalue weighted by Crippen LogP contribution is -2.46. The van der Waals surface area contributed by atoms with Crippen LogP contribution in [0.2, 0.25) is 0 Å². The summed E-state index contributed by atoms with van der Waals surface area (Å²) in [6.45, 7) is 8.73. The highest BCUT2D eigenvalue weighted by atomic mass is 31.2. The molecule has 0 aromatic carbocycles. The van der Waals surface area contributed by atoms with Gasteiger partial charge >= 0.3 is 13.7 Å². The summed E-state index contributed by atoms with van der Waals surface area (Å²) in [5.41, 5.74) is 5.36. The fourth-order valence-electron chi connectivity index (χ4n) is 3.62. The zero-order valence-corrected chi connectivity index (χ0v) is 20.2. The van der Waals surface area contributed by atoms with Crippen LogP contribution in [0.3, 0.4) is 0 Å². The third-order valence-electron chi connectivity index (χ3n) is 5.06. The van der Waals surface area contributed by atoms with Gasteiger partial charge in [-0.05, 0) is 34.1 Å². The lowest BCUT2D eigenvalue weighted by Gasteiger charge is -2.26. The minimum absolute atomic E-state index is 0.0183. The standard InChI is InChI=1S/C19H31N6O7P/c1-6-29-15-13-14(22-18(20)23-15)25(10-21-13)16-11(3)8-12(32-16)9-31-33(27,28)24-19(4,5)17(26)30-7-2/h10-12,16H,6-9H2,1-5H3,(H2,20,22,23)(H2,24,27,28)/t11-,12-,16+/m0/s1. The number of nitrogens with zero attached hydrogens (tertiary/aromatic N) is 4. The Morgan fingerprint density at radius 1 is 1.39 bits per heavy atom. The zero-order chi connectivity index (χ0) is 24.4. The molecule has 1 unspecified atom stereocenters. The van der Waals surface area contributed by atoms with Crippen LogP contribution in [0.15, 0.2) is 6.33 Å². The maximum atomic E-state index is 12.5. The van der Waals surface area contributed by atoms with Crippen LogP contribution >= 0.6 is 7.75 Å². The lowest BCUT2D eigenvalue weighted by atomic mass is 10.1. The van der Waals surface area contributed by atoms with E-state index >= 15 is 0 Å². The van der Waals surface area contributed by atoms with Gasteiger partial charge in [0.25, 0.3) is 0 Å². The molecule has 1 saturated heterocycles. The molecule has 3 heterocycles. The second kappa shape index (κ2) is 9.90. The molecule has 0 spiro atoms. The number of aromatic nitrogens is 4. The molecule has 0 bridgehead atoms. The number of carbonyl (C=O) groups excluding carboxylic acids is 1. The average Bonchev–Trinajstić information content (AvgIpc) is 3.29. The van der Waals surface area contributed by atoms with E-state index in [1.165, 1.54) is 13.8 Å². The van der Waals surface area contributed by atoms with E-state index in [0.717, 1.165) is 0 Å². The van der Waals surface area contributed by atoms with E-state index in [9.17, 15) is 14.3 Å². The second-order valence-corrected chi connectivity index (χ2v) is 9.80. The Morgan fingerprint density at radius 3 is 2.79 bits per heavy atom. The Kier molecular flexibility index (Phi) is 7.59. The minimum Gasteiger partial charge on any atom is -0.476 e. The number of esters is 1. The molecular formula is C19H31N6O7P. The van der Waals surface area contributed by atoms with E-state index < -0.39 is 31.6 Å². The molecule has 33 heavy (non-hydrogen) atoms. The van der Waals surface area contributed by atoms with E-state index in [4.69, 9.17) is 24.5 Å². The van der Waals surface area contributed by atoms with Crippen molar-refractivity contribution < 1.29 is 33.0 Å². The first-order valence-electron chi connectivity index (χ1n) is 10.7. The second-order valence-electron chi connectivity index (χ2n) is 8.28. The van der Waals surface area contributed by atoms with Crippen LogP contribution < -0.4 is 15.6 Å². The summed E-state index contributed by atoms with van der Waals surface area (Å²) in [7, 11) is -4.31. The number of ether oxygens (including phenoxy) is 3. The predicted molar refractivity (Wildman–Crippen MR) is 118 cm³/mol. The van der Waals surface area contributed by atoms with Gasteiger partial charge in [-0.3, -0.25) is 13.9 Å². The summed E-state index contributed by atoms with van der Waals surface area (Å²) < 4.78 is 36.0. The molecule has 0 radical (unpaired) electrons. The van der Waals surface area contributed by atoms with Gasteiger partial charge < -0.3 is 24.8 Å². The largest absolute Gasteiger partial charge is 0.476 e. The van der Waals surface area contributed by atoms with Crippen molar-refractivity contribution in [1.29, 1.82) is 0 Å². The van der Waals surface area contributed by atoms with E-state index in [1.54, 1.807) is 17.8 Å².